The van der Waals surface area contributed by atoms with Gasteiger partial charge in [0.05, 0.1) is 6.61 Å². The number of carbonyl (C=O) groups excluding carboxylic acids is 1. The van der Waals surface area contributed by atoms with E-state index in [4.69, 9.17) is 5.11 Å². The van der Waals surface area contributed by atoms with Gasteiger partial charge in [-0.1, -0.05) is 30.3 Å². The van der Waals surface area contributed by atoms with E-state index in [-0.39, 0.29) is 4.90 Å². The van der Waals surface area contributed by atoms with Gasteiger partial charge in [-0.05, 0) is 5.56 Å². The predicted octanol–water partition coefficient (Wildman–Crippen LogP) is 2.21. The van der Waals surface area contributed by atoms with Crippen LogP contribution in [0.3, 0.4) is 0 Å². The van der Waals surface area contributed by atoms with Crippen LogP contribution in [0.4, 0.5) is 22.0 Å². The summed E-state index contributed by atoms with van der Waals surface area (Å²) in [7, 11) is 0. The number of amides is 1. The van der Waals surface area contributed by atoms with Crippen LogP contribution in [-0.2, 0) is 11.3 Å². The van der Waals surface area contributed by atoms with Crippen molar-refractivity contribution in [2.75, 3.05) is 13.2 Å². The van der Waals surface area contributed by atoms with Crippen LogP contribution in [0.1, 0.15) is 5.56 Å². The van der Waals surface area contributed by atoms with Crippen LogP contribution in [0.25, 0.3) is 0 Å². The van der Waals surface area contributed by atoms with Gasteiger partial charge in [0.25, 0.3) is 0 Å². The maximum absolute atomic E-state index is 13.0. The molecular weight excluding hydrogens is 285 g/mol. The first kappa shape index (κ1) is 16.4. The maximum Gasteiger partial charge on any atom is 0.463 e. The molecule has 1 N–H and O–H groups in total. The number of nitrogens with zero attached hydrogens (tertiary/aromatic N) is 1. The van der Waals surface area contributed by atoms with Crippen molar-refractivity contribution in [1.29, 1.82) is 0 Å². The molecule has 0 unspecified atom stereocenters. The monoisotopic (exact) mass is 297 g/mol. The largest absolute Gasteiger partial charge is 0.463 e. The molecule has 20 heavy (non-hydrogen) atoms. The third-order valence-corrected chi connectivity index (χ3v) is 2.50. The Morgan fingerprint density at radius 1 is 1.10 bits per heavy atom. The molecule has 1 amide bonds. The Morgan fingerprint density at radius 3 is 2.10 bits per heavy atom. The molecule has 1 rings (SSSR count). The Kier molecular flexibility index (Phi) is 5.04. The maximum atomic E-state index is 13.0. The lowest BCUT2D eigenvalue weighted by atomic mass is 10.2. The Hall–Kier alpha value is -1.70. The van der Waals surface area contributed by atoms with Gasteiger partial charge in [0.15, 0.2) is 0 Å². The summed E-state index contributed by atoms with van der Waals surface area (Å²) in [4.78, 5) is 11.6. The van der Waals surface area contributed by atoms with Gasteiger partial charge >= 0.3 is 18.0 Å². The number of hydrogen-bond acceptors (Lipinski definition) is 2. The highest BCUT2D eigenvalue weighted by molar-refractivity contribution is 5.84. The Labute approximate surface area is 111 Å². The molecule has 0 heterocycles. The molecule has 0 spiro atoms. The molecule has 0 aliphatic carbocycles. The highest BCUT2D eigenvalue weighted by atomic mass is 19.4. The van der Waals surface area contributed by atoms with Gasteiger partial charge in [-0.25, -0.2) is 0 Å². The number of alkyl halides is 5. The summed E-state index contributed by atoms with van der Waals surface area (Å²) in [6, 6.07) is 7.69. The second kappa shape index (κ2) is 6.17. The smallest absolute Gasteiger partial charge is 0.395 e. The molecule has 0 bridgehead atoms. The van der Waals surface area contributed by atoms with E-state index in [2.05, 4.69) is 0 Å². The van der Waals surface area contributed by atoms with E-state index in [1.54, 1.807) is 18.2 Å². The first-order chi connectivity index (χ1) is 9.20. The molecule has 0 aromatic heterocycles. The summed E-state index contributed by atoms with van der Waals surface area (Å²) < 4.78 is 62.5. The van der Waals surface area contributed by atoms with Crippen molar-refractivity contribution in [3.05, 3.63) is 35.9 Å². The molecule has 0 aliphatic heterocycles. The zero-order chi connectivity index (χ0) is 15.4. The standard InChI is InChI=1S/C12H12F5NO2/c13-11(14,12(15,16)17)10(20)18(6-7-19)8-9-4-2-1-3-5-9/h1-5,19H,6-8H2. The zero-order valence-corrected chi connectivity index (χ0v) is 10.2. The topological polar surface area (TPSA) is 40.5 Å². The second-order valence-corrected chi connectivity index (χ2v) is 4.01. The number of benzene rings is 1. The third-order valence-electron chi connectivity index (χ3n) is 2.50. The van der Waals surface area contributed by atoms with Crippen LogP contribution in [-0.4, -0.2) is 41.2 Å². The van der Waals surface area contributed by atoms with Gasteiger partial charge in [0.1, 0.15) is 0 Å². The van der Waals surface area contributed by atoms with Crippen molar-refractivity contribution >= 4 is 5.91 Å². The lowest BCUT2D eigenvalue weighted by Crippen LogP contribution is -2.52. The van der Waals surface area contributed by atoms with Crippen LogP contribution < -0.4 is 0 Å². The van der Waals surface area contributed by atoms with Crippen molar-refractivity contribution in [1.82, 2.24) is 4.90 Å². The average molecular weight is 297 g/mol. The first-order valence-electron chi connectivity index (χ1n) is 5.59. The number of hydrogen-bond donors (Lipinski definition) is 1. The predicted molar refractivity (Wildman–Crippen MR) is 59.9 cm³/mol. The molecule has 3 nitrogen and oxygen atoms in total. The molecule has 0 fully saturated rings. The SMILES string of the molecule is O=C(N(CCO)Cc1ccccc1)C(F)(F)C(F)(F)F. The molecule has 112 valence electrons. The van der Waals surface area contributed by atoms with E-state index < -0.39 is 37.7 Å². The van der Waals surface area contributed by atoms with Gasteiger partial charge in [-0.3, -0.25) is 4.79 Å². The van der Waals surface area contributed by atoms with Crippen molar-refractivity contribution in [2.24, 2.45) is 0 Å². The van der Waals surface area contributed by atoms with Gasteiger partial charge < -0.3 is 10.0 Å². The summed E-state index contributed by atoms with van der Waals surface area (Å²) in [5.41, 5.74) is 0.382. The molecule has 0 saturated heterocycles. The summed E-state index contributed by atoms with van der Waals surface area (Å²) >= 11 is 0. The highest BCUT2D eigenvalue weighted by Gasteiger charge is 2.64. The van der Waals surface area contributed by atoms with E-state index in [0.717, 1.165) is 0 Å². The Balaban J connectivity index is 2.94. The zero-order valence-electron chi connectivity index (χ0n) is 10.2. The normalized spacial score (nSPS) is 12.3. The van der Waals surface area contributed by atoms with E-state index in [1.807, 2.05) is 0 Å². The minimum absolute atomic E-state index is 0.281. The summed E-state index contributed by atoms with van der Waals surface area (Å²) in [6.45, 7) is -1.77. The number of rotatable bonds is 5. The minimum Gasteiger partial charge on any atom is -0.395 e. The second-order valence-electron chi connectivity index (χ2n) is 4.01. The summed E-state index contributed by atoms with van der Waals surface area (Å²) in [5, 5.41) is 8.71. The van der Waals surface area contributed by atoms with Crippen molar-refractivity contribution < 1.29 is 31.9 Å². The molecule has 1 aromatic carbocycles. The molecule has 0 radical (unpaired) electrons. The van der Waals surface area contributed by atoms with E-state index in [9.17, 15) is 26.7 Å². The van der Waals surface area contributed by atoms with Crippen molar-refractivity contribution in [3.63, 3.8) is 0 Å². The van der Waals surface area contributed by atoms with E-state index in [0.29, 0.717) is 5.56 Å². The van der Waals surface area contributed by atoms with Crippen LogP contribution in [0, 0.1) is 0 Å². The van der Waals surface area contributed by atoms with E-state index in [1.165, 1.54) is 12.1 Å². The van der Waals surface area contributed by atoms with Crippen LogP contribution in [0.2, 0.25) is 0 Å². The van der Waals surface area contributed by atoms with Crippen molar-refractivity contribution in [2.45, 2.75) is 18.6 Å². The molecule has 0 atom stereocenters. The fourth-order valence-electron chi connectivity index (χ4n) is 1.50. The molecule has 1 aromatic rings. The van der Waals surface area contributed by atoms with Crippen molar-refractivity contribution in [3.8, 4) is 0 Å². The lowest BCUT2D eigenvalue weighted by Gasteiger charge is -2.27. The molecule has 0 saturated carbocycles. The van der Waals surface area contributed by atoms with E-state index >= 15 is 0 Å². The lowest BCUT2D eigenvalue weighted by molar-refractivity contribution is -0.274. The summed E-state index contributed by atoms with van der Waals surface area (Å²) in [6.07, 6.45) is -5.96. The van der Waals surface area contributed by atoms with Crippen LogP contribution >= 0.6 is 0 Å². The number of halogens is 5. The van der Waals surface area contributed by atoms with Crippen LogP contribution in [0.5, 0.6) is 0 Å². The fraction of sp³-hybridized carbons (Fsp3) is 0.417. The third kappa shape index (κ3) is 3.66. The molecule has 8 heteroatoms. The van der Waals surface area contributed by atoms with Gasteiger partial charge in [0, 0.05) is 13.1 Å². The first-order valence-corrected chi connectivity index (χ1v) is 5.59. The Bertz CT molecular complexity index is 447. The van der Waals surface area contributed by atoms with Gasteiger partial charge in [0.2, 0.25) is 0 Å². The average Bonchev–Trinajstić information content (AvgIpc) is 2.37. The highest BCUT2D eigenvalue weighted by Crippen LogP contribution is 2.37. The quantitative estimate of drug-likeness (QED) is 0.847. The molecular formula is C12H12F5NO2. The number of aliphatic hydroxyl groups is 1. The minimum atomic E-state index is -5.96. The number of aliphatic hydroxyl groups excluding tert-OH is 1. The van der Waals surface area contributed by atoms with Gasteiger partial charge in [-0.2, -0.15) is 22.0 Å². The van der Waals surface area contributed by atoms with Crippen LogP contribution in [0.15, 0.2) is 30.3 Å². The summed E-state index contributed by atoms with van der Waals surface area (Å²) in [5.74, 6) is -7.85. The number of carbonyl (C=O) groups is 1. The molecule has 0 aliphatic rings. The van der Waals surface area contributed by atoms with Gasteiger partial charge in [-0.15, -0.1) is 0 Å². The Morgan fingerprint density at radius 2 is 1.65 bits per heavy atom. The fourth-order valence-corrected chi connectivity index (χ4v) is 1.50.